The van der Waals surface area contributed by atoms with Gasteiger partial charge in [-0.15, -0.1) is 0 Å². The van der Waals surface area contributed by atoms with Crippen LogP contribution in [0.5, 0.6) is 0 Å². The Morgan fingerprint density at radius 1 is 1.47 bits per heavy atom. The number of methoxy groups -OCH3 is 1. The van der Waals surface area contributed by atoms with Crippen LogP contribution in [0.1, 0.15) is 26.2 Å². The number of likely N-dealkylation sites (tertiary alicyclic amines) is 1. The van der Waals surface area contributed by atoms with Crippen molar-refractivity contribution in [2.24, 2.45) is 0 Å². The Bertz CT molecular complexity index is 191. The van der Waals surface area contributed by atoms with E-state index in [2.05, 4.69) is 10.2 Å². The number of carbonyl (C=O) groups excluding carboxylic acids is 1. The Morgan fingerprint density at radius 2 is 2.13 bits per heavy atom. The first-order valence-electron chi connectivity index (χ1n) is 5.81. The van der Waals surface area contributed by atoms with Gasteiger partial charge in [-0.2, -0.15) is 0 Å². The lowest BCUT2D eigenvalue weighted by Gasteiger charge is -2.19. The van der Waals surface area contributed by atoms with Crippen molar-refractivity contribution >= 4 is 5.97 Å². The van der Waals surface area contributed by atoms with E-state index in [4.69, 9.17) is 4.74 Å². The van der Waals surface area contributed by atoms with Crippen molar-refractivity contribution in [3.05, 3.63) is 0 Å². The highest BCUT2D eigenvalue weighted by molar-refractivity contribution is 5.75. The molecule has 4 heteroatoms. The Kier molecular flexibility index (Phi) is 5.65. The van der Waals surface area contributed by atoms with Crippen LogP contribution in [-0.4, -0.2) is 50.2 Å². The second-order valence-electron chi connectivity index (χ2n) is 3.97. The molecule has 88 valence electrons. The smallest absolute Gasteiger partial charge is 0.322 e. The van der Waals surface area contributed by atoms with Gasteiger partial charge in [-0.25, -0.2) is 0 Å². The third kappa shape index (κ3) is 4.18. The third-order valence-electron chi connectivity index (χ3n) is 2.87. The maximum Gasteiger partial charge on any atom is 0.322 e. The Morgan fingerprint density at radius 3 is 2.67 bits per heavy atom. The summed E-state index contributed by atoms with van der Waals surface area (Å²) < 4.78 is 4.76. The highest BCUT2D eigenvalue weighted by Gasteiger charge is 2.20. The summed E-state index contributed by atoms with van der Waals surface area (Å²) in [6.45, 7) is 6.17. The molecule has 0 aliphatic carbocycles. The molecule has 0 spiro atoms. The van der Waals surface area contributed by atoms with Crippen LogP contribution >= 0.6 is 0 Å². The van der Waals surface area contributed by atoms with Crippen LogP contribution in [0.2, 0.25) is 0 Å². The van der Waals surface area contributed by atoms with Gasteiger partial charge in [0.1, 0.15) is 6.04 Å². The van der Waals surface area contributed by atoms with Gasteiger partial charge < -0.3 is 15.0 Å². The molecule has 4 nitrogen and oxygen atoms in total. The largest absolute Gasteiger partial charge is 0.468 e. The SMILES string of the molecule is CCNC(CCN1CCCC1)C(=O)OC. The predicted octanol–water partition coefficient (Wildman–Crippen LogP) is 0.623. The van der Waals surface area contributed by atoms with Crippen molar-refractivity contribution in [3.63, 3.8) is 0 Å². The molecular formula is C11H22N2O2. The maximum absolute atomic E-state index is 11.4. The molecule has 1 unspecified atom stereocenters. The fraction of sp³-hybridized carbons (Fsp3) is 0.909. The third-order valence-corrected chi connectivity index (χ3v) is 2.87. The minimum absolute atomic E-state index is 0.138. The van der Waals surface area contributed by atoms with E-state index in [0.717, 1.165) is 19.5 Å². The van der Waals surface area contributed by atoms with Gasteiger partial charge in [0.05, 0.1) is 7.11 Å². The highest BCUT2D eigenvalue weighted by Crippen LogP contribution is 2.08. The molecule has 0 aromatic heterocycles. The van der Waals surface area contributed by atoms with Crippen molar-refractivity contribution in [1.29, 1.82) is 0 Å². The standard InChI is InChI=1S/C11H22N2O2/c1-3-12-10(11(14)15-2)6-9-13-7-4-5-8-13/h10,12H,3-9H2,1-2H3. The lowest BCUT2D eigenvalue weighted by molar-refractivity contribution is -0.143. The summed E-state index contributed by atoms with van der Waals surface area (Å²) in [4.78, 5) is 13.8. The minimum atomic E-state index is -0.143. The van der Waals surface area contributed by atoms with Gasteiger partial charge in [0.2, 0.25) is 0 Å². The lowest BCUT2D eigenvalue weighted by atomic mass is 10.2. The monoisotopic (exact) mass is 214 g/mol. The Balaban J connectivity index is 2.26. The summed E-state index contributed by atoms with van der Waals surface area (Å²) >= 11 is 0. The topological polar surface area (TPSA) is 41.6 Å². The van der Waals surface area contributed by atoms with Gasteiger partial charge >= 0.3 is 5.97 Å². The molecule has 1 rings (SSSR count). The maximum atomic E-state index is 11.4. The van der Waals surface area contributed by atoms with Crippen molar-refractivity contribution < 1.29 is 9.53 Å². The average Bonchev–Trinajstić information content (AvgIpc) is 2.76. The van der Waals surface area contributed by atoms with Gasteiger partial charge in [-0.05, 0) is 38.9 Å². The van der Waals surface area contributed by atoms with Crippen LogP contribution in [0.4, 0.5) is 0 Å². The van der Waals surface area contributed by atoms with E-state index in [9.17, 15) is 4.79 Å². The molecule has 0 aromatic rings. The molecule has 1 N–H and O–H groups in total. The summed E-state index contributed by atoms with van der Waals surface area (Å²) in [5.74, 6) is -0.143. The Labute approximate surface area is 92.0 Å². The second-order valence-corrected chi connectivity index (χ2v) is 3.97. The van der Waals surface area contributed by atoms with E-state index in [1.165, 1.54) is 33.0 Å². The normalized spacial score (nSPS) is 19.1. The number of hydrogen-bond acceptors (Lipinski definition) is 4. The fourth-order valence-electron chi connectivity index (χ4n) is 2.01. The highest BCUT2D eigenvalue weighted by atomic mass is 16.5. The van der Waals surface area contributed by atoms with E-state index in [-0.39, 0.29) is 12.0 Å². The van der Waals surface area contributed by atoms with Crippen molar-refractivity contribution in [3.8, 4) is 0 Å². The second kappa shape index (κ2) is 6.80. The molecule has 0 bridgehead atoms. The molecule has 0 amide bonds. The molecule has 1 aliphatic heterocycles. The number of rotatable bonds is 6. The zero-order valence-electron chi connectivity index (χ0n) is 9.79. The number of nitrogens with zero attached hydrogens (tertiary/aromatic N) is 1. The summed E-state index contributed by atoms with van der Waals surface area (Å²) in [5.41, 5.74) is 0. The summed E-state index contributed by atoms with van der Waals surface area (Å²) in [6.07, 6.45) is 3.44. The average molecular weight is 214 g/mol. The van der Waals surface area contributed by atoms with Gasteiger partial charge in [-0.3, -0.25) is 4.79 Å². The molecule has 0 aromatic carbocycles. The van der Waals surface area contributed by atoms with Crippen LogP contribution < -0.4 is 5.32 Å². The van der Waals surface area contributed by atoms with Gasteiger partial charge in [-0.1, -0.05) is 6.92 Å². The Hall–Kier alpha value is -0.610. The number of nitrogens with one attached hydrogen (secondary N) is 1. The molecule has 0 saturated carbocycles. The van der Waals surface area contributed by atoms with Crippen LogP contribution in [-0.2, 0) is 9.53 Å². The number of carbonyl (C=O) groups is 1. The molecule has 1 aliphatic rings. The number of ether oxygens (including phenoxy) is 1. The number of esters is 1. The van der Waals surface area contributed by atoms with Gasteiger partial charge in [0, 0.05) is 6.54 Å². The molecule has 1 atom stereocenters. The molecule has 1 saturated heterocycles. The van der Waals surface area contributed by atoms with E-state index in [1.54, 1.807) is 0 Å². The molecule has 15 heavy (non-hydrogen) atoms. The first kappa shape index (κ1) is 12.5. The van der Waals surface area contributed by atoms with Crippen LogP contribution in [0.3, 0.4) is 0 Å². The lowest BCUT2D eigenvalue weighted by Crippen LogP contribution is -2.40. The number of hydrogen-bond donors (Lipinski definition) is 1. The van der Waals surface area contributed by atoms with Crippen LogP contribution in [0.25, 0.3) is 0 Å². The van der Waals surface area contributed by atoms with Crippen LogP contribution in [0, 0.1) is 0 Å². The van der Waals surface area contributed by atoms with Crippen molar-refractivity contribution in [1.82, 2.24) is 10.2 Å². The first-order valence-corrected chi connectivity index (χ1v) is 5.81. The predicted molar refractivity (Wildman–Crippen MR) is 59.8 cm³/mol. The van der Waals surface area contributed by atoms with E-state index < -0.39 is 0 Å². The minimum Gasteiger partial charge on any atom is -0.468 e. The zero-order valence-corrected chi connectivity index (χ0v) is 9.79. The summed E-state index contributed by atoms with van der Waals surface area (Å²) in [6, 6.07) is -0.138. The molecule has 1 heterocycles. The van der Waals surface area contributed by atoms with Gasteiger partial charge in [0.15, 0.2) is 0 Å². The molecular weight excluding hydrogens is 192 g/mol. The van der Waals surface area contributed by atoms with Crippen molar-refractivity contribution in [2.75, 3.05) is 33.3 Å². The van der Waals surface area contributed by atoms with Gasteiger partial charge in [0.25, 0.3) is 0 Å². The molecule has 1 fully saturated rings. The van der Waals surface area contributed by atoms with E-state index >= 15 is 0 Å². The van der Waals surface area contributed by atoms with E-state index in [1.807, 2.05) is 6.92 Å². The fourth-order valence-corrected chi connectivity index (χ4v) is 2.01. The zero-order chi connectivity index (χ0) is 11.1. The van der Waals surface area contributed by atoms with Crippen molar-refractivity contribution in [2.45, 2.75) is 32.2 Å². The molecule has 0 radical (unpaired) electrons. The summed E-state index contributed by atoms with van der Waals surface area (Å²) in [5, 5.41) is 3.16. The van der Waals surface area contributed by atoms with Crippen LogP contribution in [0.15, 0.2) is 0 Å². The number of likely N-dealkylation sites (N-methyl/N-ethyl adjacent to an activating group) is 1. The first-order chi connectivity index (χ1) is 7.27. The summed E-state index contributed by atoms with van der Waals surface area (Å²) in [7, 11) is 1.45. The quantitative estimate of drug-likeness (QED) is 0.658. The van der Waals surface area contributed by atoms with E-state index in [0.29, 0.717) is 0 Å².